The summed E-state index contributed by atoms with van der Waals surface area (Å²) in [6.45, 7) is 2.51. The number of halogens is 1. The number of hydrogen-bond acceptors (Lipinski definition) is 4. The summed E-state index contributed by atoms with van der Waals surface area (Å²) in [4.78, 5) is 14.0. The maximum Gasteiger partial charge on any atom is 0.265 e. The smallest absolute Gasteiger partial charge is 0.265 e. The van der Waals surface area contributed by atoms with Crippen molar-refractivity contribution >= 4 is 27.3 Å². The second kappa shape index (κ2) is 6.23. The first-order valence-corrected chi connectivity index (χ1v) is 10.1. The van der Waals surface area contributed by atoms with Crippen LogP contribution < -0.4 is 14.4 Å². The van der Waals surface area contributed by atoms with Gasteiger partial charge in [0.15, 0.2) is 0 Å². The van der Waals surface area contributed by atoms with E-state index in [1.807, 2.05) is 6.92 Å². The largest absolute Gasteiger partial charge is 0.495 e. The molecule has 2 aromatic rings. The molecule has 0 spiro atoms. The van der Waals surface area contributed by atoms with Crippen LogP contribution in [0.3, 0.4) is 0 Å². The molecule has 2 aliphatic heterocycles. The van der Waals surface area contributed by atoms with Gasteiger partial charge in [0.2, 0.25) is 5.91 Å². The number of anilines is 2. The number of carbonyl (C=O) groups excluding carboxylic acids is 1. The number of sulfonamides is 1. The highest BCUT2D eigenvalue weighted by molar-refractivity contribution is 7.92. The van der Waals surface area contributed by atoms with Crippen LogP contribution in [0.1, 0.15) is 30.4 Å². The van der Waals surface area contributed by atoms with Gasteiger partial charge in [-0.05, 0) is 61.2 Å². The molecule has 1 N–H and O–H groups in total. The average Bonchev–Trinajstić information content (AvgIpc) is 2.88. The van der Waals surface area contributed by atoms with E-state index in [9.17, 15) is 17.6 Å². The van der Waals surface area contributed by atoms with Crippen molar-refractivity contribution in [3.63, 3.8) is 0 Å². The summed E-state index contributed by atoms with van der Waals surface area (Å²) < 4.78 is 46.8. The lowest BCUT2D eigenvalue weighted by Gasteiger charge is -2.26. The van der Waals surface area contributed by atoms with E-state index >= 15 is 0 Å². The molecule has 4 rings (SSSR count). The fourth-order valence-electron chi connectivity index (χ4n) is 3.83. The zero-order chi connectivity index (χ0) is 19.3. The molecule has 2 heterocycles. The highest BCUT2D eigenvalue weighted by Crippen LogP contribution is 2.44. The van der Waals surface area contributed by atoms with Crippen molar-refractivity contribution in [2.24, 2.45) is 0 Å². The predicted octanol–water partition coefficient (Wildman–Crippen LogP) is 3.03. The van der Waals surface area contributed by atoms with Gasteiger partial charge >= 0.3 is 0 Å². The monoisotopic (exact) mass is 390 g/mol. The number of benzene rings is 2. The standard InChI is InChI=1S/C19H19FN2O4S/c1-11-15-10-14(8-12-4-3-7-22(18(12)15)19(11)23)21-27(24,25)17-9-13(20)5-6-16(17)26-2/h5-6,8-11,21H,3-4,7H2,1-2H3/t11-/m1/s1. The highest BCUT2D eigenvalue weighted by Gasteiger charge is 2.38. The van der Waals surface area contributed by atoms with Crippen molar-refractivity contribution in [3.05, 3.63) is 47.3 Å². The van der Waals surface area contributed by atoms with E-state index in [-0.39, 0.29) is 22.5 Å². The SMILES string of the molecule is COc1ccc(F)cc1S(=O)(=O)Nc1cc2c3c(c1)[C@@H](C)C(=O)N3CCC2. The van der Waals surface area contributed by atoms with Crippen LogP contribution in [0.5, 0.6) is 5.75 Å². The van der Waals surface area contributed by atoms with E-state index in [2.05, 4.69) is 4.72 Å². The molecule has 27 heavy (non-hydrogen) atoms. The molecule has 8 heteroatoms. The Hall–Kier alpha value is -2.61. The van der Waals surface area contributed by atoms with Gasteiger partial charge in [0, 0.05) is 12.2 Å². The summed E-state index contributed by atoms with van der Waals surface area (Å²) >= 11 is 0. The van der Waals surface area contributed by atoms with E-state index in [1.54, 1.807) is 17.0 Å². The molecule has 142 valence electrons. The molecule has 0 unspecified atom stereocenters. The van der Waals surface area contributed by atoms with Crippen molar-refractivity contribution in [3.8, 4) is 5.75 Å². The number of ether oxygens (including phenoxy) is 1. The minimum atomic E-state index is -4.06. The zero-order valence-corrected chi connectivity index (χ0v) is 15.8. The molecule has 1 atom stereocenters. The first-order chi connectivity index (χ1) is 12.8. The maximum absolute atomic E-state index is 13.6. The summed E-state index contributed by atoms with van der Waals surface area (Å²) in [6.07, 6.45) is 1.61. The number of hydrogen-bond donors (Lipinski definition) is 1. The summed E-state index contributed by atoms with van der Waals surface area (Å²) in [6, 6.07) is 6.77. The minimum absolute atomic E-state index is 0.0396. The Morgan fingerprint density at radius 2 is 2.04 bits per heavy atom. The molecule has 0 radical (unpaired) electrons. The Balaban J connectivity index is 1.76. The first kappa shape index (κ1) is 17.8. The Morgan fingerprint density at radius 1 is 1.26 bits per heavy atom. The topological polar surface area (TPSA) is 75.7 Å². The summed E-state index contributed by atoms with van der Waals surface area (Å²) in [7, 11) is -2.73. The molecule has 0 aliphatic carbocycles. The second-order valence-corrected chi connectivity index (χ2v) is 8.44. The van der Waals surface area contributed by atoms with Gasteiger partial charge in [0.25, 0.3) is 10.0 Å². The Kier molecular flexibility index (Phi) is 4.10. The number of rotatable bonds is 4. The number of nitrogens with one attached hydrogen (secondary N) is 1. The lowest BCUT2D eigenvalue weighted by atomic mass is 9.96. The van der Waals surface area contributed by atoms with Crippen molar-refractivity contribution in [2.45, 2.75) is 30.6 Å². The van der Waals surface area contributed by atoms with Crippen LogP contribution in [0, 0.1) is 5.82 Å². The van der Waals surface area contributed by atoms with Crippen molar-refractivity contribution in [1.82, 2.24) is 0 Å². The molecule has 2 aromatic carbocycles. The lowest BCUT2D eigenvalue weighted by Crippen LogP contribution is -2.32. The van der Waals surface area contributed by atoms with E-state index < -0.39 is 15.8 Å². The van der Waals surface area contributed by atoms with Gasteiger partial charge in [-0.2, -0.15) is 0 Å². The van der Waals surface area contributed by atoms with Gasteiger partial charge in [-0.25, -0.2) is 12.8 Å². The van der Waals surface area contributed by atoms with Gasteiger partial charge in [-0.3, -0.25) is 9.52 Å². The number of amides is 1. The van der Waals surface area contributed by atoms with Gasteiger partial charge in [0.05, 0.1) is 18.7 Å². The fourth-order valence-corrected chi connectivity index (χ4v) is 5.05. The Bertz CT molecular complexity index is 1050. The first-order valence-electron chi connectivity index (χ1n) is 8.66. The van der Waals surface area contributed by atoms with Gasteiger partial charge in [0.1, 0.15) is 16.5 Å². The van der Waals surface area contributed by atoms with Crippen LogP contribution in [0.25, 0.3) is 0 Å². The minimum Gasteiger partial charge on any atom is -0.495 e. The van der Waals surface area contributed by atoms with Crippen LogP contribution >= 0.6 is 0 Å². The van der Waals surface area contributed by atoms with Crippen LogP contribution in [-0.2, 0) is 21.2 Å². The highest BCUT2D eigenvalue weighted by atomic mass is 32.2. The number of carbonyl (C=O) groups is 1. The second-order valence-electron chi connectivity index (χ2n) is 6.79. The van der Waals surface area contributed by atoms with Crippen molar-refractivity contribution in [2.75, 3.05) is 23.3 Å². The molecule has 0 fully saturated rings. The van der Waals surface area contributed by atoms with Crippen molar-refractivity contribution < 1.29 is 22.3 Å². The molecule has 0 saturated heterocycles. The zero-order valence-electron chi connectivity index (χ0n) is 15.0. The molecular weight excluding hydrogens is 371 g/mol. The number of aryl methyl sites for hydroxylation is 1. The normalized spacial score (nSPS) is 18.4. The average molecular weight is 390 g/mol. The van der Waals surface area contributed by atoms with Gasteiger partial charge in [-0.1, -0.05) is 0 Å². The summed E-state index contributed by atoms with van der Waals surface area (Å²) in [5, 5.41) is 0. The van der Waals surface area contributed by atoms with Crippen LogP contribution in [0.2, 0.25) is 0 Å². The summed E-state index contributed by atoms with van der Waals surface area (Å²) in [5.41, 5.74) is 3.03. The van der Waals surface area contributed by atoms with E-state index in [0.29, 0.717) is 12.2 Å². The molecule has 6 nitrogen and oxygen atoms in total. The molecule has 0 aromatic heterocycles. The predicted molar refractivity (Wildman–Crippen MR) is 99.3 cm³/mol. The third-order valence-electron chi connectivity index (χ3n) is 5.09. The maximum atomic E-state index is 13.6. The lowest BCUT2D eigenvalue weighted by molar-refractivity contribution is -0.119. The molecule has 1 amide bonds. The van der Waals surface area contributed by atoms with Crippen LogP contribution in [0.4, 0.5) is 15.8 Å². The number of methoxy groups -OCH3 is 1. The Labute approximate surface area is 157 Å². The fraction of sp³-hybridized carbons (Fsp3) is 0.316. The quantitative estimate of drug-likeness (QED) is 0.871. The molecule has 0 bridgehead atoms. The van der Waals surface area contributed by atoms with Crippen molar-refractivity contribution in [1.29, 1.82) is 0 Å². The van der Waals surface area contributed by atoms with Gasteiger partial charge < -0.3 is 9.64 Å². The van der Waals surface area contributed by atoms with E-state index in [1.165, 1.54) is 13.2 Å². The molecule has 0 saturated carbocycles. The third kappa shape index (κ3) is 2.84. The molecule has 2 aliphatic rings. The summed E-state index contributed by atoms with van der Waals surface area (Å²) in [5.74, 6) is -0.890. The van der Waals surface area contributed by atoms with E-state index in [0.717, 1.165) is 41.8 Å². The number of nitrogens with zero attached hydrogens (tertiary/aromatic N) is 1. The third-order valence-corrected chi connectivity index (χ3v) is 6.49. The van der Waals surface area contributed by atoms with Gasteiger partial charge in [-0.15, -0.1) is 0 Å². The van der Waals surface area contributed by atoms with Crippen LogP contribution in [-0.4, -0.2) is 28.0 Å². The molecular formula is C19H19FN2O4S. The van der Waals surface area contributed by atoms with E-state index in [4.69, 9.17) is 4.74 Å². The Morgan fingerprint density at radius 3 is 2.78 bits per heavy atom. The van der Waals surface area contributed by atoms with Crippen LogP contribution in [0.15, 0.2) is 35.2 Å².